The number of benzene rings is 5. The van der Waals surface area contributed by atoms with Crippen molar-refractivity contribution in [2.45, 2.75) is 67.5 Å². The maximum atomic E-state index is 13.9. The van der Waals surface area contributed by atoms with Crippen molar-refractivity contribution in [3.63, 3.8) is 0 Å². The number of alkyl carbamates (subject to hydrolysis) is 1. The molecular weight excluding hydrogens is 849 g/mol. The molecule has 0 bridgehead atoms. The molecule has 0 fully saturated rings. The zero-order valence-electron chi connectivity index (χ0n) is 37.1. The second kappa shape index (κ2) is 20.1. The molecule has 0 radical (unpaired) electrons. The minimum Gasteiger partial charge on any atom is -0.460 e. The van der Waals surface area contributed by atoms with E-state index in [0.29, 0.717) is 17.8 Å². The van der Waals surface area contributed by atoms with Gasteiger partial charge < -0.3 is 25.4 Å². The number of ether oxygens (including phenoxy) is 2. The molecule has 1 aliphatic carbocycles. The molecule has 7 aromatic rings. The van der Waals surface area contributed by atoms with Gasteiger partial charge in [-0.3, -0.25) is 24.0 Å². The van der Waals surface area contributed by atoms with Gasteiger partial charge >= 0.3 is 12.1 Å². The van der Waals surface area contributed by atoms with E-state index < -0.39 is 29.6 Å². The number of carbonyl (C=O) groups is 4. The molecule has 334 valence electrons. The van der Waals surface area contributed by atoms with Crippen LogP contribution in [0, 0.1) is 0 Å². The Morgan fingerprint density at radius 2 is 1.52 bits per heavy atom. The second-order valence-corrected chi connectivity index (χ2v) is 17.9. The minimum absolute atomic E-state index is 0.00975. The number of hydrogen-bond donors (Lipinski definition) is 3. The van der Waals surface area contributed by atoms with Crippen LogP contribution in [0.1, 0.15) is 78.0 Å². The maximum Gasteiger partial charge on any atom is 0.407 e. The average Bonchev–Trinajstić information content (AvgIpc) is 3.83. The van der Waals surface area contributed by atoms with E-state index in [1.54, 1.807) is 46.1 Å². The highest BCUT2D eigenvalue weighted by atomic mass is 32.2. The number of nitrogens with zero attached hydrogens (tertiary/aromatic N) is 3. The molecule has 1 aliphatic rings. The van der Waals surface area contributed by atoms with Crippen LogP contribution in [0.2, 0.25) is 0 Å². The second-order valence-electron chi connectivity index (χ2n) is 16.8. The first-order valence-corrected chi connectivity index (χ1v) is 22.6. The van der Waals surface area contributed by atoms with E-state index in [2.05, 4.69) is 39.1 Å². The van der Waals surface area contributed by atoms with Gasteiger partial charge in [-0.15, -0.1) is 0 Å². The van der Waals surface area contributed by atoms with Gasteiger partial charge in [0.2, 0.25) is 5.91 Å². The van der Waals surface area contributed by atoms with Gasteiger partial charge in [-0.1, -0.05) is 90.6 Å². The molecule has 0 unspecified atom stereocenters. The first-order valence-electron chi connectivity index (χ1n) is 21.7. The quantitative estimate of drug-likeness (QED) is 0.0854. The van der Waals surface area contributed by atoms with Crippen LogP contribution >= 0.6 is 11.8 Å². The van der Waals surface area contributed by atoms with Crippen molar-refractivity contribution in [1.29, 1.82) is 0 Å². The van der Waals surface area contributed by atoms with Crippen LogP contribution in [0.3, 0.4) is 0 Å². The molecule has 66 heavy (non-hydrogen) atoms. The molecule has 0 saturated heterocycles. The summed E-state index contributed by atoms with van der Waals surface area (Å²) < 4.78 is 13.2. The predicted octanol–water partition coefficient (Wildman–Crippen LogP) is 10.1. The summed E-state index contributed by atoms with van der Waals surface area (Å²) in [6, 6.07) is 41.7. The molecule has 12 nitrogen and oxygen atoms in total. The Bertz CT molecular complexity index is 2880. The highest BCUT2D eigenvalue weighted by Crippen LogP contribution is 2.44. The third kappa shape index (κ3) is 10.9. The summed E-state index contributed by atoms with van der Waals surface area (Å²) >= 11 is 1.50. The normalized spacial score (nSPS) is 12.6. The summed E-state index contributed by atoms with van der Waals surface area (Å²) in [5, 5.41) is 14.3. The molecule has 3 amide bonds. The molecule has 5 aromatic carbocycles. The molecule has 0 aliphatic heterocycles. The van der Waals surface area contributed by atoms with E-state index >= 15 is 0 Å². The Morgan fingerprint density at radius 3 is 2.21 bits per heavy atom. The molecule has 0 saturated carbocycles. The standard InChI is InChI=1S/C53H50N6O6S/c1-53(2,3)65-49(60)29-28-46(57-52(63)64-33-44-40-16-7-5-14-38(40)39-15-6-8-17-41(39)44)51(62)56-36-22-20-34(21-23-36)32-59-47-31-37(66-48-19-10-9-18-43(48)50(61)54-4)25-26-42(47)45(58-59)27-24-35-13-11-12-30-55-35/h5-27,30-31,44,46H,28-29,32-33H2,1-4H3,(H,54,61)(H,56,62)(H,57,63)/b27-24+/t46-/m0/s1. The van der Waals surface area contributed by atoms with Crippen LogP contribution in [-0.4, -0.2) is 63.9 Å². The third-order valence-electron chi connectivity index (χ3n) is 11.0. The van der Waals surface area contributed by atoms with Crippen LogP contribution in [0.4, 0.5) is 10.5 Å². The van der Waals surface area contributed by atoms with Gasteiger partial charge in [0.05, 0.1) is 29.0 Å². The lowest BCUT2D eigenvalue weighted by Gasteiger charge is -2.22. The number of rotatable bonds is 15. The van der Waals surface area contributed by atoms with Crippen molar-refractivity contribution < 1.29 is 28.7 Å². The number of amides is 3. The summed E-state index contributed by atoms with van der Waals surface area (Å²) in [6.45, 7) is 5.80. The topological polar surface area (TPSA) is 154 Å². The van der Waals surface area contributed by atoms with Gasteiger partial charge in [0.25, 0.3) is 5.91 Å². The average molecular weight is 899 g/mol. The highest BCUT2D eigenvalue weighted by Gasteiger charge is 2.30. The lowest BCUT2D eigenvalue weighted by Crippen LogP contribution is -2.44. The molecule has 1 atom stereocenters. The smallest absolute Gasteiger partial charge is 0.407 e. The molecule has 3 N–H and O–H groups in total. The van der Waals surface area contributed by atoms with Gasteiger partial charge in [-0.25, -0.2) is 4.79 Å². The lowest BCUT2D eigenvalue weighted by molar-refractivity contribution is -0.155. The zero-order chi connectivity index (χ0) is 46.2. The largest absolute Gasteiger partial charge is 0.460 e. The summed E-state index contributed by atoms with van der Waals surface area (Å²) in [7, 11) is 1.62. The first-order chi connectivity index (χ1) is 31.9. The van der Waals surface area contributed by atoms with Crippen molar-refractivity contribution >= 4 is 64.4 Å². The number of esters is 1. The molecule has 8 rings (SSSR count). The van der Waals surface area contributed by atoms with E-state index in [9.17, 15) is 19.2 Å². The van der Waals surface area contributed by atoms with Gasteiger partial charge in [0.15, 0.2) is 0 Å². The van der Waals surface area contributed by atoms with Crippen LogP contribution in [0.15, 0.2) is 149 Å². The fourth-order valence-electron chi connectivity index (χ4n) is 7.93. The fourth-order valence-corrected chi connectivity index (χ4v) is 8.91. The van der Waals surface area contributed by atoms with Crippen LogP contribution < -0.4 is 16.0 Å². The monoisotopic (exact) mass is 898 g/mol. The molecular formula is C53H50N6O6S. The number of pyridine rings is 1. The van der Waals surface area contributed by atoms with E-state index in [1.807, 2.05) is 120 Å². The molecule has 13 heteroatoms. The predicted molar refractivity (Wildman–Crippen MR) is 258 cm³/mol. The van der Waals surface area contributed by atoms with Crippen molar-refractivity contribution in [2.75, 3.05) is 19.0 Å². The first kappa shape index (κ1) is 45.1. The molecule has 2 heterocycles. The van der Waals surface area contributed by atoms with E-state index in [4.69, 9.17) is 14.6 Å². The van der Waals surface area contributed by atoms with Gasteiger partial charge in [-0.05, 0) is 122 Å². The van der Waals surface area contributed by atoms with Crippen molar-refractivity contribution in [2.24, 2.45) is 0 Å². The van der Waals surface area contributed by atoms with Crippen molar-refractivity contribution in [1.82, 2.24) is 25.4 Å². The summed E-state index contributed by atoms with van der Waals surface area (Å²) in [5.74, 6) is -1.32. The van der Waals surface area contributed by atoms with Gasteiger partial charge in [-0.2, -0.15) is 5.10 Å². The van der Waals surface area contributed by atoms with Crippen LogP contribution in [0.25, 0.3) is 34.2 Å². The maximum absolute atomic E-state index is 13.9. The fraction of sp³-hybridized carbons (Fsp3) is 0.208. The summed E-state index contributed by atoms with van der Waals surface area (Å²) in [6.07, 6.45) is 4.74. The summed E-state index contributed by atoms with van der Waals surface area (Å²) in [5.41, 5.74) is 8.09. The number of nitrogens with one attached hydrogen (secondary N) is 3. The zero-order valence-corrected chi connectivity index (χ0v) is 37.9. The van der Waals surface area contributed by atoms with E-state index in [1.165, 1.54) is 11.8 Å². The lowest BCUT2D eigenvalue weighted by atomic mass is 9.98. The molecule has 2 aromatic heterocycles. The summed E-state index contributed by atoms with van der Waals surface area (Å²) in [4.78, 5) is 58.9. The number of anilines is 1. The van der Waals surface area contributed by atoms with E-state index in [-0.39, 0.29) is 31.3 Å². The Balaban J connectivity index is 0.985. The van der Waals surface area contributed by atoms with Crippen molar-refractivity contribution in [3.05, 3.63) is 173 Å². The number of aromatic nitrogens is 3. The number of fused-ring (bicyclic) bond motifs is 4. The Hall–Kier alpha value is -7.51. The van der Waals surface area contributed by atoms with Crippen LogP contribution in [-0.2, 0) is 25.6 Å². The van der Waals surface area contributed by atoms with Gasteiger partial charge in [0, 0.05) is 46.4 Å². The Morgan fingerprint density at radius 1 is 0.818 bits per heavy atom. The highest BCUT2D eigenvalue weighted by molar-refractivity contribution is 7.99. The Labute approximate surface area is 387 Å². The number of carbonyl (C=O) groups excluding carboxylic acids is 4. The van der Waals surface area contributed by atoms with E-state index in [0.717, 1.165) is 59.9 Å². The van der Waals surface area contributed by atoms with Crippen LogP contribution in [0.5, 0.6) is 0 Å². The minimum atomic E-state index is -1.10. The van der Waals surface area contributed by atoms with Gasteiger partial charge in [0.1, 0.15) is 18.2 Å². The third-order valence-corrected chi connectivity index (χ3v) is 12.1. The SMILES string of the molecule is CNC(=O)c1ccccc1Sc1ccc2c(/C=C/c3ccccn3)nn(Cc3ccc(NC(=O)[C@H](CCC(=O)OC(C)(C)C)NC(=O)OCC4c5ccccc5-c5ccccc54)cc3)c2c1. The number of hydrogen-bond acceptors (Lipinski definition) is 9. The van der Waals surface area contributed by atoms with Crippen molar-refractivity contribution in [3.8, 4) is 11.1 Å². The Kier molecular flexibility index (Phi) is 13.7. The molecule has 0 spiro atoms.